The van der Waals surface area contributed by atoms with E-state index in [0.717, 1.165) is 54.1 Å². The Labute approximate surface area is 214 Å². The van der Waals surface area contributed by atoms with Gasteiger partial charge in [0.05, 0.1) is 22.8 Å². The second-order valence-electron chi connectivity index (χ2n) is 10.9. The molecule has 0 bridgehead atoms. The van der Waals surface area contributed by atoms with Crippen LogP contribution >= 0.6 is 0 Å². The lowest BCUT2D eigenvalue weighted by Crippen LogP contribution is -2.39. The van der Waals surface area contributed by atoms with Crippen LogP contribution in [0, 0.1) is 5.92 Å². The van der Waals surface area contributed by atoms with Crippen LogP contribution in [-0.4, -0.2) is 58.4 Å². The summed E-state index contributed by atoms with van der Waals surface area (Å²) in [6.07, 6.45) is 8.93. The van der Waals surface area contributed by atoms with Crippen LogP contribution in [0.1, 0.15) is 74.3 Å². The molecule has 1 N–H and O–H groups in total. The molecule has 1 saturated carbocycles. The second kappa shape index (κ2) is 11.1. The van der Waals surface area contributed by atoms with Gasteiger partial charge in [-0.15, -0.1) is 0 Å². The summed E-state index contributed by atoms with van der Waals surface area (Å²) in [7, 11) is 2.20. The molecular formula is C29H39N5O2. The zero-order chi connectivity index (χ0) is 25.1. The lowest BCUT2D eigenvalue weighted by molar-refractivity contribution is 0.0697. The van der Waals surface area contributed by atoms with Crippen molar-refractivity contribution in [3.05, 3.63) is 47.7 Å². The average molecular weight is 490 g/mol. The predicted molar refractivity (Wildman–Crippen MR) is 143 cm³/mol. The predicted octanol–water partition coefficient (Wildman–Crippen LogP) is 5.21. The molecule has 2 aliphatic rings. The van der Waals surface area contributed by atoms with Crippen LogP contribution in [0.5, 0.6) is 0 Å². The quantitative estimate of drug-likeness (QED) is 0.423. The summed E-state index contributed by atoms with van der Waals surface area (Å²) >= 11 is 0. The lowest BCUT2D eigenvalue weighted by Gasteiger charge is -2.23. The highest BCUT2D eigenvalue weighted by molar-refractivity contribution is 6.06. The van der Waals surface area contributed by atoms with Crippen molar-refractivity contribution in [2.45, 2.75) is 71.0 Å². The van der Waals surface area contributed by atoms with E-state index < -0.39 is 0 Å². The zero-order valence-corrected chi connectivity index (χ0v) is 21.9. The van der Waals surface area contributed by atoms with Crippen LogP contribution in [0.2, 0.25) is 0 Å². The molecule has 1 aromatic carbocycles. The second-order valence-corrected chi connectivity index (χ2v) is 10.9. The normalized spacial score (nSPS) is 16.8. The Morgan fingerprint density at radius 3 is 2.75 bits per heavy atom. The van der Waals surface area contributed by atoms with E-state index in [1.165, 1.54) is 31.2 Å². The summed E-state index contributed by atoms with van der Waals surface area (Å²) in [5.41, 5.74) is 4.48. The Morgan fingerprint density at radius 2 is 2.00 bits per heavy atom. The van der Waals surface area contributed by atoms with Gasteiger partial charge in [-0.05, 0) is 76.7 Å². The highest BCUT2D eigenvalue weighted by Crippen LogP contribution is 2.33. The van der Waals surface area contributed by atoms with Crippen LogP contribution in [0.25, 0.3) is 22.3 Å². The molecule has 1 aliphatic carbocycles. The van der Waals surface area contributed by atoms with Crippen molar-refractivity contribution in [2.75, 3.05) is 26.8 Å². The zero-order valence-electron chi connectivity index (χ0n) is 21.9. The Balaban J connectivity index is 1.41. The number of hydrogen-bond donors (Lipinski definition) is 1. The van der Waals surface area contributed by atoms with Crippen molar-refractivity contribution in [1.29, 1.82) is 0 Å². The minimum atomic E-state index is -0.0644. The van der Waals surface area contributed by atoms with Gasteiger partial charge in [0, 0.05) is 37.4 Å². The van der Waals surface area contributed by atoms with Gasteiger partial charge in [0.15, 0.2) is 5.65 Å². The molecule has 36 heavy (non-hydrogen) atoms. The molecule has 1 aliphatic heterocycles. The molecule has 0 spiro atoms. The molecule has 0 radical (unpaired) electrons. The Bertz CT molecular complexity index is 1190. The Kier molecular flexibility index (Phi) is 7.67. The van der Waals surface area contributed by atoms with Crippen LogP contribution in [-0.2, 0) is 11.3 Å². The maximum atomic E-state index is 13.4. The molecule has 7 nitrogen and oxygen atoms in total. The molecule has 0 unspecified atom stereocenters. The molecule has 3 heterocycles. The van der Waals surface area contributed by atoms with Crippen LogP contribution in [0.15, 0.2) is 36.5 Å². The number of nitrogens with zero attached hydrogens (tertiary/aromatic N) is 4. The molecule has 3 aromatic rings. The van der Waals surface area contributed by atoms with Gasteiger partial charge >= 0.3 is 0 Å². The minimum Gasteiger partial charge on any atom is -0.381 e. The largest absolute Gasteiger partial charge is 0.381 e. The fourth-order valence-corrected chi connectivity index (χ4v) is 5.11. The summed E-state index contributed by atoms with van der Waals surface area (Å²) in [5.74, 6) is 0.922. The minimum absolute atomic E-state index is 0.0644. The van der Waals surface area contributed by atoms with Gasteiger partial charge in [-0.1, -0.05) is 31.0 Å². The Morgan fingerprint density at radius 1 is 1.19 bits per heavy atom. The standard InChI is InChI=1S/C29H39N5O2/c1-20(2)34-28-26(18-30-34)25(29(35)31-24-11-14-36-15-12-24)17-27(32-28)23-8-4-6-22(16-23)19-33(3)13-5-7-21-9-10-21/h4,6,8,16-18,20-21,24H,5,7,9-15,19H2,1-3H3,(H,31,35). The number of nitrogens with one attached hydrogen (secondary N) is 1. The third kappa shape index (κ3) is 5.95. The van der Waals surface area contributed by atoms with Gasteiger partial charge in [-0.25, -0.2) is 9.67 Å². The molecule has 0 atom stereocenters. The number of hydrogen-bond acceptors (Lipinski definition) is 5. The lowest BCUT2D eigenvalue weighted by atomic mass is 10.0. The summed E-state index contributed by atoms with van der Waals surface area (Å²) in [5, 5.41) is 8.59. The van der Waals surface area contributed by atoms with Crippen LogP contribution in [0.4, 0.5) is 0 Å². The van der Waals surface area contributed by atoms with E-state index in [2.05, 4.69) is 60.5 Å². The number of ether oxygens (including phenoxy) is 1. The first-order chi connectivity index (χ1) is 17.5. The highest BCUT2D eigenvalue weighted by Gasteiger charge is 2.23. The first-order valence-corrected chi connectivity index (χ1v) is 13.5. The van der Waals surface area contributed by atoms with Crippen molar-refractivity contribution in [3.8, 4) is 11.3 Å². The average Bonchev–Trinajstić information content (AvgIpc) is 3.59. The van der Waals surface area contributed by atoms with E-state index in [9.17, 15) is 4.79 Å². The summed E-state index contributed by atoms with van der Waals surface area (Å²) in [6, 6.07) is 10.8. The van der Waals surface area contributed by atoms with Crippen LogP contribution < -0.4 is 5.32 Å². The molecule has 1 saturated heterocycles. The number of pyridine rings is 1. The number of benzene rings is 1. The Hall–Kier alpha value is -2.77. The van der Waals surface area contributed by atoms with Gasteiger partial charge in [-0.2, -0.15) is 5.10 Å². The van der Waals surface area contributed by atoms with E-state index in [-0.39, 0.29) is 18.0 Å². The smallest absolute Gasteiger partial charge is 0.252 e. The van der Waals surface area contributed by atoms with E-state index >= 15 is 0 Å². The van der Waals surface area contributed by atoms with Gasteiger partial charge in [-0.3, -0.25) is 4.79 Å². The maximum absolute atomic E-state index is 13.4. The molecular weight excluding hydrogens is 450 g/mol. The molecule has 2 aromatic heterocycles. The van der Waals surface area contributed by atoms with E-state index in [0.29, 0.717) is 18.8 Å². The molecule has 192 valence electrons. The number of carbonyl (C=O) groups excluding carboxylic acids is 1. The number of aromatic nitrogens is 3. The summed E-state index contributed by atoms with van der Waals surface area (Å²) < 4.78 is 7.36. The molecule has 5 rings (SSSR count). The monoisotopic (exact) mass is 489 g/mol. The van der Waals surface area contributed by atoms with Crippen molar-refractivity contribution in [1.82, 2.24) is 25.0 Å². The molecule has 2 fully saturated rings. The first-order valence-electron chi connectivity index (χ1n) is 13.5. The SMILES string of the molecule is CC(C)n1ncc2c(C(=O)NC3CCOCC3)cc(-c3cccc(CN(C)CCCC4CC4)c3)nc21. The van der Waals surface area contributed by atoms with E-state index in [1.807, 2.05) is 10.7 Å². The topological polar surface area (TPSA) is 72.3 Å². The summed E-state index contributed by atoms with van der Waals surface area (Å²) in [6.45, 7) is 7.57. The van der Waals surface area contributed by atoms with Crippen molar-refractivity contribution < 1.29 is 9.53 Å². The number of rotatable bonds is 10. The summed E-state index contributed by atoms with van der Waals surface area (Å²) in [4.78, 5) is 20.8. The van der Waals surface area contributed by atoms with Gasteiger partial charge in [0.25, 0.3) is 5.91 Å². The first kappa shape index (κ1) is 24.9. The fourth-order valence-electron chi connectivity index (χ4n) is 5.11. The molecule has 7 heteroatoms. The number of carbonyl (C=O) groups is 1. The highest BCUT2D eigenvalue weighted by atomic mass is 16.5. The van der Waals surface area contributed by atoms with Gasteiger partial charge < -0.3 is 15.0 Å². The fraction of sp³-hybridized carbons (Fsp3) is 0.552. The molecule has 1 amide bonds. The van der Waals surface area contributed by atoms with Crippen molar-refractivity contribution in [3.63, 3.8) is 0 Å². The van der Waals surface area contributed by atoms with Gasteiger partial charge in [0.1, 0.15) is 0 Å². The van der Waals surface area contributed by atoms with E-state index in [4.69, 9.17) is 9.72 Å². The van der Waals surface area contributed by atoms with Gasteiger partial charge in [0.2, 0.25) is 0 Å². The van der Waals surface area contributed by atoms with E-state index in [1.54, 1.807) is 6.20 Å². The number of fused-ring (bicyclic) bond motifs is 1. The third-order valence-electron chi connectivity index (χ3n) is 7.38. The van der Waals surface area contributed by atoms with Crippen molar-refractivity contribution in [2.24, 2.45) is 5.92 Å². The van der Waals surface area contributed by atoms with Crippen LogP contribution in [0.3, 0.4) is 0 Å². The maximum Gasteiger partial charge on any atom is 0.252 e. The van der Waals surface area contributed by atoms with Crippen molar-refractivity contribution >= 4 is 16.9 Å². The third-order valence-corrected chi connectivity index (χ3v) is 7.38. The number of amides is 1.